The van der Waals surface area contributed by atoms with Crippen molar-refractivity contribution in [2.75, 3.05) is 19.5 Å². The topological polar surface area (TPSA) is 59.5 Å². The minimum atomic E-state index is 0.00506. The molecule has 2 rings (SSSR count). The summed E-state index contributed by atoms with van der Waals surface area (Å²) in [5.74, 6) is 1.11. The molecule has 2 N–H and O–H groups in total. The third kappa shape index (κ3) is 2.78. The summed E-state index contributed by atoms with van der Waals surface area (Å²) >= 11 is 5.59. The fourth-order valence-electron chi connectivity index (χ4n) is 2.26. The molecule has 1 amide bonds. The lowest BCUT2D eigenvalue weighted by atomic mass is 10.1. The van der Waals surface area contributed by atoms with Gasteiger partial charge in [0.15, 0.2) is 0 Å². The average molecular weight is 294 g/mol. The van der Waals surface area contributed by atoms with Gasteiger partial charge < -0.3 is 15.1 Å². The maximum Gasteiger partial charge on any atom is 0.249 e. The van der Waals surface area contributed by atoms with Gasteiger partial charge in [-0.2, -0.15) is 0 Å². The Hall–Kier alpha value is -1.61. The predicted molar refractivity (Wildman–Crippen MR) is 79.2 cm³/mol. The summed E-state index contributed by atoms with van der Waals surface area (Å²) in [5, 5.41) is 1.03. The van der Waals surface area contributed by atoms with Gasteiger partial charge in [-0.15, -0.1) is 11.6 Å². The van der Waals surface area contributed by atoms with Crippen LogP contribution in [0.1, 0.15) is 17.7 Å². The first kappa shape index (κ1) is 14.8. The molecule has 1 aromatic heterocycles. The Bertz CT molecular complexity index is 658. The zero-order chi connectivity index (χ0) is 14.7. The predicted octanol–water partition coefficient (Wildman–Crippen LogP) is 0.438. The van der Waals surface area contributed by atoms with E-state index in [1.54, 1.807) is 18.0 Å². The number of halogens is 1. The number of fused-ring (bicyclic) bond motifs is 1. The van der Waals surface area contributed by atoms with Crippen molar-refractivity contribution in [2.45, 2.75) is 19.9 Å². The number of nitrogens with two attached hydrogens (primary N) is 1. The van der Waals surface area contributed by atoms with E-state index >= 15 is 0 Å². The number of furan rings is 1. The number of amides is 1. The summed E-state index contributed by atoms with van der Waals surface area (Å²) in [6.07, 6.45) is 7.02. The standard InChI is InChI=1S/C15H18ClN2O2/c1-10-13(9-18(2)14(19)6-7-16)20-12-5-3-4-11(8-17)15(10)12/h4-5H,6-9,17H2,1-2H3/q+1. The molecule has 0 unspecified atom stereocenters. The van der Waals surface area contributed by atoms with E-state index in [0.29, 0.717) is 25.4 Å². The van der Waals surface area contributed by atoms with Crippen molar-refractivity contribution in [1.29, 1.82) is 0 Å². The van der Waals surface area contributed by atoms with Crippen LogP contribution < -0.4 is 16.4 Å². The second-order valence-corrected chi connectivity index (χ2v) is 5.14. The molecule has 0 saturated carbocycles. The zero-order valence-electron chi connectivity index (χ0n) is 11.7. The molecule has 0 fully saturated rings. The molecule has 0 radical (unpaired) electrons. The van der Waals surface area contributed by atoms with E-state index in [1.807, 2.05) is 13.0 Å². The Morgan fingerprint density at radius 1 is 1.55 bits per heavy atom. The fraction of sp³-hybridized carbons (Fsp3) is 0.400. The molecule has 0 saturated heterocycles. The van der Waals surface area contributed by atoms with Gasteiger partial charge in [-0.1, -0.05) is 0 Å². The van der Waals surface area contributed by atoms with Gasteiger partial charge in [0.25, 0.3) is 0 Å². The Morgan fingerprint density at radius 2 is 2.30 bits per heavy atom. The highest BCUT2D eigenvalue weighted by molar-refractivity contribution is 6.18. The summed E-state index contributed by atoms with van der Waals surface area (Å²) in [5.41, 5.74) is 8.54. The monoisotopic (exact) mass is 293 g/mol. The van der Waals surface area contributed by atoms with Gasteiger partial charge in [0.1, 0.15) is 23.1 Å². The van der Waals surface area contributed by atoms with Crippen LogP contribution in [0.15, 0.2) is 10.5 Å². The van der Waals surface area contributed by atoms with Crippen molar-refractivity contribution in [1.82, 2.24) is 4.90 Å². The molecular weight excluding hydrogens is 276 g/mol. The van der Waals surface area contributed by atoms with E-state index < -0.39 is 0 Å². The number of hydrogen-bond donors (Lipinski definition) is 1. The fourth-order valence-corrected chi connectivity index (χ4v) is 2.42. The molecule has 1 heterocycles. The number of carbonyl (C=O) groups is 1. The summed E-state index contributed by atoms with van der Waals surface area (Å²) in [6, 6.07) is 0. The molecular formula is C15H18ClN2O2+. The van der Waals surface area contributed by atoms with E-state index in [1.165, 1.54) is 0 Å². The zero-order valence-corrected chi connectivity index (χ0v) is 12.5. The van der Waals surface area contributed by atoms with Gasteiger partial charge in [-0.05, 0) is 6.92 Å². The molecule has 4 nitrogen and oxygen atoms in total. The van der Waals surface area contributed by atoms with Crippen molar-refractivity contribution < 1.29 is 9.21 Å². The lowest BCUT2D eigenvalue weighted by molar-refractivity contribution is -0.130. The van der Waals surface area contributed by atoms with Gasteiger partial charge in [0, 0.05) is 31.0 Å². The van der Waals surface area contributed by atoms with E-state index in [0.717, 1.165) is 27.5 Å². The molecule has 0 bridgehead atoms. The third-order valence-electron chi connectivity index (χ3n) is 3.40. The highest BCUT2D eigenvalue weighted by Crippen LogP contribution is 2.09. The van der Waals surface area contributed by atoms with Crippen LogP contribution in [0.25, 0.3) is 11.6 Å². The van der Waals surface area contributed by atoms with E-state index in [4.69, 9.17) is 21.8 Å². The largest absolute Gasteiger partial charge is 0.399 e. The second kappa shape index (κ2) is 6.23. The smallest absolute Gasteiger partial charge is 0.249 e. The molecule has 0 atom stereocenters. The maximum atomic E-state index is 11.8. The maximum absolute atomic E-state index is 11.8. The van der Waals surface area contributed by atoms with Crippen LogP contribution in [0.3, 0.4) is 0 Å². The minimum Gasteiger partial charge on any atom is -0.399 e. The van der Waals surface area contributed by atoms with Gasteiger partial charge in [-0.25, -0.2) is 0 Å². The van der Waals surface area contributed by atoms with Crippen LogP contribution in [0.2, 0.25) is 0 Å². The Labute approximate surface area is 123 Å². The quantitative estimate of drug-likeness (QED) is 0.633. The van der Waals surface area contributed by atoms with Crippen LogP contribution in [-0.2, 0) is 11.3 Å². The first-order valence-electron chi connectivity index (χ1n) is 6.49. The number of allylic oxidation sites excluding steroid dienone is 1. The Balaban J connectivity index is 2.34. The van der Waals surface area contributed by atoms with Crippen LogP contribution in [0.5, 0.6) is 0 Å². The van der Waals surface area contributed by atoms with Crippen LogP contribution in [0, 0.1) is 13.0 Å². The molecule has 1 aromatic rings. The number of rotatable bonds is 5. The van der Waals surface area contributed by atoms with Crippen LogP contribution in [0.4, 0.5) is 0 Å². The summed E-state index contributed by atoms with van der Waals surface area (Å²) in [7, 11) is 1.75. The average Bonchev–Trinajstić information content (AvgIpc) is 2.76. The van der Waals surface area contributed by atoms with Gasteiger partial charge in [0.05, 0.1) is 18.7 Å². The molecule has 1 aliphatic rings. The van der Waals surface area contributed by atoms with Crippen molar-refractivity contribution >= 4 is 29.2 Å². The van der Waals surface area contributed by atoms with Crippen molar-refractivity contribution in [2.24, 2.45) is 5.73 Å². The number of nitrogens with zero attached hydrogens (tertiary/aromatic N) is 1. The van der Waals surface area contributed by atoms with Crippen LogP contribution in [-0.4, -0.2) is 30.3 Å². The molecule has 0 aromatic carbocycles. The minimum absolute atomic E-state index is 0.00506. The number of carbonyl (C=O) groups excluding carboxylic acids is 1. The Morgan fingerprint density at radius 3 is 2.95 bits per heavy atom. The third-order valence-corrected chi connectivity index (χ3v) is 3.59. The summed E-state index contributed by atoms with van der Waals surface area (Å²) in [4.78, 5) is 13.4. The van der Waals surface area contributed by atoms with Gasteiger partial charge >= 0.3 is 0 Å². The molecule has 20 heavy (non-hydrogen) atoms. The lowest BCUT2D eigenvalue weighted by Crippen LogP contribution is -2.29. The number of alkyl halides is 1. The van der Waals surface area contributed by atoms with Crippen molar-refractivity contribution in [3.63, 3.8) is 0 Å². The molecule has 106 valence electrons. The first-order valence-corrected chi connectivity index (χ1v) is 7.02. The first-order chi connectivity index (χ1) is 9.58. The molecule has 1 aliphatic carbocycles. The van der Waals surface area contributed by atoms with Gasteiger partial charge in [-0.3, -0.25) is 4.79 Å². The normalized spacial score (nSPS) is 12.7. The van der Waals surface area contributed by atoms with E-state index in [-0.39, 0.29) is 5.91 Å². The molecule has 0 aliphatic heterocycles. The summed E-state index contributed by atoms with van der Waals surface area (Å²) < 4.78 is 5.83. The van der Waals surface area contributed by atoms with E-state index in [2.05, 4.69) is 6.08 Å². The van der Waals surface area contributed by atoms with Gasteiger partial charge in [0.2, 0.25) is 11.3 Å². The second-order valence-electron chi connectivity index (χ2n) is 4.76. The highest BCUT2D eigenvalue weighted by atomic mass is 35.5. The van der Waals surface area contributed by atoms with Crippen LogP contribution >= 0.6 is 11.6 Å². The molecule has 0 spiro atoms. The Kier molecular flexibility index (Phi) is 4.61. The summed E-state index contributed by atoms with van der Waals surface area (Å²) in [6.45, 7) is 2.86. The molecule has 5 heteroatoms. The highest BCUT2D eigenvalue weighted by Gasteiger charge is 2.20. The SMILES string of the molecule is Cc1c(CN(C)C(=O)CCCl)oc2c1=C(CN)C=[C+]C=2. The van der Waals surface area contributed by atoms with Crippen molar-refractivity contribution in [3.8, 4) is 0 Å². The lowest BCUT2D eigenvalue weighted by Gasteiger charge is -2.14. The van der Waals surface area contributed by atoms with Crippen molar-refractivity contribution in [3.05, 3.63) is 34.1 Å². The van der Waals surface area contributed by atoms with E-state index in [9.17, 15) is 4.79 Å². The number of hydrogen-bond acceptors (Lipinski definition) is 3.